The molecule has 2 amide bonds. The van der Waals surface area contributed by atoms with Crippen molar-refractivity contribution >= 4 is 23.1 Å². The Balaban J connectivity index is 1.72. The minimum absolute atomic E-state index is 0.0122. The highest BCUT2D eigenvalue weighted by molar-refractivity contribution is 6.11. The Bertz CT molecular complexity index is 930. The van der Waals surface area contributed by atoms with Crippen LogP contribution in [-0.2, 0) is 6.54 Å². The summed E-state index contributed by atoms with van der Waals surface area (Å²) in [4.78, 5) is 12.8. The maximum absolute atomic E-state index is 12.8. The highest BCUT2D eigenvalue weighted by atomic mass is 16.2. The fourth-order valence-electron chi connectivity index (χ4n) is 4.43. The van der Waals surface area contributed by atoms with Gasteiger partial charge >= 0.3 is 6.03 Å². The average molecular weight is 405 g/mol. The molecule has 2 aliphatic rings. The molecule has 2 aromatic rings. The van der Waals surface area contributed by atoms with Gasteiger partial charge in [-0.2, -0.15) is 5.10 Å². The maximum Gasteiger partial charge on any atom is 0.342 e. The lowest BCUT2D eigenvalue weighted by molar-refractivity contribution is 0.200. The van der Waals surface area contributed by atoms with Gasteiger partial charge in [0.25, 0.3) is 0 Å². The molecule has 0 bridgehead atoms. The number of hydrogen-bond acceptors (Lipinski definition) is 3. The van der Waals surface area contributed by atoms with Gasteiger partial charge < -0.3 is 10.6 Å². The first-order chi connectivity index (χ1) is 14.5. The molecular formula is C25H32N4O. The monoisotopic (exact) mass is 404 g/mol. The van der Waals surface area contributed by atoms with Crippen molar-refractivity contribution in [3.8, 4) is 0 Å². The van der Waals surface area contributed by atoms with Crippen LogP contribution in [0.3, 0.4) is 0 Å². The lowest BCUT2D eigenvalue weighted by Crippen LogP contribution is -2.35. The molecule has 30 heavy (non-hydrogen) atoms. The second-order valence-corrected chi connectivity index (χ2v) is 8.73. The van der Waals surface area contributed by atoms with Gasteiger partial charge in [0.2, 0.25) is 0 Å². The Morgan fingerprint density at radius 3 is 2.57 bits per heavy atom. The highest BCUT2D eigenvalue weighted by Crippen LogP contribution is 2.34. The average Bonchev–Trinajstić information content (AvgIpc) is 2.89. The van der Waals surface area contributed by atoms with Crippen molar-refractivity contribution in [2.45, 2.75) is 65.5 Å². The molecular weight excluding hydrogens is 372 g/mol. The van der Waals surface area contributed by atoms with E-state index in [0.29, 0.717) is 5.92 Å². The van der Waals surface area contributed by atoms with Gasteiger partial charge in [-0.15, -0.1) is 0 Å². The summed E-state index contributed by atoms with van der Waals surface area (Å²) in [5.41, 5.74) is 6.53. The molecule has 1 saturated carbocycles. The van der Waals surface area contributed by atoms with Crippen molar-refractivity contribution < 1.29 is 4.79 Å². The second-order valence-electron chi connectivity index (χ2n) is 8.73. The summed E-state index contributed by atoms with van der Waals surface area (Å²) in [7, 11) is 0. The number of rotatable bonds is 5. The highest BCUT2D eigenvalue weighted by Gasteiger charge is 2.30. The van der Waals surface area contributed by atoms with Gasteiger partial charge in [0.15, 0.2) is 0 Å². The van der Waals surface area contributed by atoms with Crippen LogP contribution >= 0.6 is 0 Å². The van der Waals surface area contributed by atoms with Crippen LogP contribution in [0.2, 0.25) is 0 Å². The molecule has 2 aromatic carbocycles. The molecule has 0 aromatic heterocycles. The van der Waals surface area contributed by atoms with Crippen LogP contribution in [0.4, 0.5) is 16.2 Å². The van der Waals surface area contributed by atoms with Crippen molar-refractivity contribution in [3.63, 3.8) is 0 Å². The quantitative estimate of drug-likeness (QED) is 0.628. The zero-order valence-electron chi connectivity index (χ0n) is 18.2. The van der Waals surface area contributed by atoms with Crippen LogP contribution in [0.15, 0.2) is 47.6 Å². The van der Waals surface area contributed by atoms with Crippen molar-refractivity contribution in [1.29, 1.82) is 0 Å². The fraction of sp³-hybridized carbons (Fsp3) is 0.440. The van der Waals surface area contributed by atoms with Crippen LogP contribution in [0.1, 0.15) is 62.6 Å². The Morgan fingerprint density at radius 1 is 1.13 bits per heavy atom. The first-order valence-corrected chi connectivity index (χ1v) is 11.1. The molecule has 0 spiro atoms. The number of amides is 2. The summed E-state index contributed by atoms with van der Waals surface area (Å²) in [6.45, 7) is 6.87. The number of anilines is 2. The number of fused-ring (bicyclic) bond motifs is 1. The topological polar surface area (TPSA) is 56.7 Å². The van der Waals surface area contributed by atoms with E-state index in [4.69, 9.17) is 5.10 Å². The van der Waals surface area contributed by atoms with E-state index in [1.807, 2.05) is 32.0 Å². The van der Waals surface area contributed by atoms with Crippen LogP contribution in [-0.4, -0.2) is 22.8 Å². The maximum atomic E-state index is 12.8. The number of carbonyl (C=O) groups excluding carboxylic acids is 1. The minimum Gasteiger partial charge on any atom is -0.381 e. The van der Waals surface area contributed by atoms with E-state index in [2.05, 4.69) is 41.8 Å². The van der Waals surface area contributed by atoms with E-state index < -0.39 is 0 Å². The SMILES string of the molecule is Cc1cc2c(cc1CNc1ccccc1)C(C1CCCCC1)=NN(C(C)C)C(=O)N2. The Kier molecular flexibility index (Phi) is 6.07. The van der Waals surface area contributed by atoms with Gasteiger partial charge in [-0.05, 0) is 69.0 Å². The van der Waals surface area contributed by atoms with Gasteiger partial charge in [0.1, 0.15) is 0 Å². The number of nitrogens with one attached hydrogen (secondary N) is 2. The molecule has 0 saturated heterocycles. The standard InChI is InChI=1S/C25H32N4O/c1-17(2)29-25(30)27-23-14-18(3)20(16-26-21-12-8-5-9-13-21)15-22(23)24(28-29)19-10-6-4-7-11-19/h5,8-9,12-15,17,19,26H,4,6-7,10-11,16H2,1-3H3,(H,27,30). The van der Waals surface area contributed by atoms with Gasteiger partial charge in [0, 0.05) is 23.7 Å². The third-order valence-electron chi connectivity index (χ3n) is 6.15. The van der Waals surface area contributed by atoms with Crippen LogP contribution in [0.25, 0.3) is 0 Å². The molecule has 0 radical (unpaired) electrons. The van der Waals surface area contributed by atoms with Crippen LogP contribution < -0.4 is 10.6 Å². The third kappa shape index (κ3) is 4.35. The molecule has 1 fully saturated rings. The largest absolute Gasteiger partial charge is 0.381 e. The lowest BCUT2D eigenvalue weighted by Gasteiger charge is -2.26. The number of hydrazone groups is 1. The lowest BCUT2D eigenvalue weighted by atomic mass is 9.82. The van der Waals surface area contributed by atoms with Crippen LogP contribution in [0, 0.1) is 12.8 Å². The number of para-hydroxylation sites is 1. The van der Waals surface area contributed by atoms with E-state index in [0.717, 1.165) is 42.0 Å². The Labute approximate surface area is 179 Å². The molecule has 1 heterocycles. The molecule has 1 aliphatic heterocycles. The van der Waals surface area contributed by atoms with Gasteiger partial charge in [-0.3, -0.25) is 0 Å². The first kappa shape index (κ1) is 20.5. The Morgan fingerprint density at radius 2 is 1.87 bits per heavy atom. The van der Waals surface area contributed by atoms with Crippen molar-refractivity contribution in [2.24, 2.45) is 11.0 Å². The minimum atomic E-state index is -0.147. The number of aryl methyl sites for hydroxylation is 1. The van der Waals surface area contributed by atoms with Gasteiger partial charge in [-0.1, -0.05) is 37.5 Å². The summed E-state index contributed by atoms with van der Waals surface area (Å²) >= 11 is 0. The molecule has 5 heteroatoms. The van der Waals surface area contributed by atoms with E-state index in [9.17, 15) is 4.79 Å². The predicted molar refractivity (Wildman–Crippen MR) is 124 cm³/mol. The van der Waals surface area contributed by atoms with Crippen molar-refractivity contribution in [3.05, 3.63) is 59.2 Å². The summed E-state index contributed by atoms with van der Waals surface area (Å²) in [5, 5.41) is 13.2. The van der Waals surface area contributed by atoms with E-state index >= 15 is 0 Å². The summed E-state index contributed by atoms with van der Waals surface area (Å²) < 4.78 is 0. The number of carbonyl (C=O) groups is 1. The smallest absolute Gasteiger partial charge is 0.342 e. The molecule has 2 N–H and O–H groups in total. The van der Waals surface area contributed by atoms with E-state index in [1.165, 1.54) is 30.4 Å². The van der Waals surface area contributed by atoms with E-state index in [1.54, 1.807) is 5.01 Å². The third-order valence-corrected chi connectivity index (χ3v) is 6.15. The zero-order valence-corrected chi connectivity index (χ0v) is 18.2. The summed E-state index contributed by atoms with van der Waals surface area (Å²) in [6.07, 6.45) is 6.04. The second kappa shape index (κ2) is 8.90. The van der Waals surface area contributed by atoms with Crippen molar-refractivity contribution in [2.75, 3.05) is 10.6 Å². The summed E-state index contributed by atoms with van der Waals surface area (Å²) in [5.74, 6) is 0.407. The molecule has 4 rings (SSSR count). The summed E-state index contributed by atoms with van der Waals surface area (Å²) in [6, 6.07) is 14.5. The molecule has 5 nitrogen and oxygen atoms in total. The molecule has 158 valence electrons. The van der Waals surface area contributed by atoms with Crippen molar-refractivity contribution in [1.82, 2.24) is 5.01 Å². The number of nitrogens with zero attached hydrogens (tertiary/aromatic N) is 2. The molecule has 0 unspecified atom stereocenters. The number of benzene rings is 2. The predicted octanol–water partition coefficient (Wildman–Crippen LogP) is 6.15. The van der Waals surface area contributed by atoms with Gasteiger partial charge in [-0.25, -0.2) is 9.80 Å². The molecule has 1 aliphatic carbocycles. The molecule has 0 atom stereocenters. The zero-order chi connectivity index (χ0) is 21.1. The fourth-order valence-corrected chi connectivity index (χ4v) is 4.43. The number of urea groups is 1. The van der Waals surface area contributed by atoms with Crippen LogP contribution in [0.5, 0.6) is 0 Å². The Hall–Kier alpha value is -2.82. The first-order valence-electron chi connectivity index (χ1n) is 11.1. The normalized spacial score (nSPS) is 17.3. The number of hydrogen-bond donors (Lipinski definition) is 2. The van der Waals surface area contributed by atoms with Gasteiger partial charge in [0.05, 0.1) is 17.4 Å². The van der Waals surface area contributed by atoms with E-state index in [-0.39, 0.29) is 12.1 Å².